The minimum Gasteiger partial charge on any atom is -0.497 e. The summed E-state index contributed by atoms with van der Waals surface area (Å²) < 4.78 is 16.6. The first-order valence-electron chi connectivity index (χ1n) is 11.3. The number of amides is 2. The number of esters is 1. The highest BCUT2D eigenvalue weighted by Crippen LogP contribution is 2.53. The van der Waals surface area contributed by atoms with Crippen LogP contribution in [0.15, 0.2) is 36.4 Å². The predicted molar refractivity (Wildman–Crippen MR) is 115 cm³/mol. The van der Waals surface area contributed by atoms with Crippen LogP contribution in [0.1, 0.15) is 19.8 Å². The molecule has 5 rings (SSSR count). The van der Waals surface area contributed by atoms with Crippen LogP contribution in [-0.2, 0) is 23.9 Å². The lowest BCUT2D eigenvalue weighted by Crippen LogP contribution is -2.49. The van der Waals surface area contributed by atoms with Crippen LogP contribution >= 0.6 is 0 Å². The number of carbonyl (C=O) groups excluding carboxylic acids is 3. The van der Waals surface area contributed by atoms with Crippen molar-refractivity contribution in [2.75, 3.05) is 38.3 Å². The van der Waals surface area contributed by atoms with E-state index in [1.807, 2.05) is 36.4 Å². The number of fused-ring (bicyclic) bond motifs is 1. The molecule has 0 aliphatic carbocycles. The van der Waals surface area contributed by atoms with Gasteiger partial charge in [-0.25, -0.2) is 0 Å². The standard InChI is InChI=1S/C24H28N2O6/c1-3-31-23(29)15-9-12-25(13-10-15)21(27)19-18-8-11-24(32-18)14-26(22(28)20(19)24)16-4-6-17(30-2)7-5-16/h4-8,11,15,18-20H,3,9-10,12-14H2,1-2H3/t18-,19?,20+,24+/m1/s1. The summed E-state index contributed by atoms with van der Waals surface area (Å²) >= 11 is 0. The highest BCUT2D eigenvalue weighted by molar-refractivity contribution is 6.03. The third-order valence-electron chi connectivity index (χ3n) is 7.20. The minimum absolute atomic E-state index is 0.0570. The summed E-state index contributed by atoms with van der Waals surface area (Å²) in [6.45, 7) is 3.53. The number of hydrogen-bond acceptors (Lipinski definition) is 6. The van der Waals surface area contributed by atoms with Crippen LogP contribution < -0.4 is 9.64 Å². The van der Waals surface area contributed by atoms with E-state index < -0.39 is 17.4 Å². The van der Waals surface area contributed by atoms with E-state index in [4.69, 9.17) is 14.2 Å². The van der Waals surface area contributed by atoms with Gasteiger partial charge in [0.25, 0.3) is 0 Å². The number of benzene rings is 1. The van der Waals surface area contributed by atoms with Gasteiger partial charge >= 0.3 is 5.97 Å². The second kappa shape index (κ2) is 7.92. The zero-order valence-electron chi connectivity index (χ0n) is 18.4. The molecular formula is C24H28N2O6. The lowest BCUT2D eigenvalue weighted by molar-refractivity contribution is -0.152. The molecule has 8 heteroatoms. The van der Waals surface area contributed by atoms with Crippen LogP contribution in [0.4, 0.5) is 5.69 Å². The molecule has 4 atom stereocenters. The Balaban J connectivity index is 1.32. The van der Waals surface area contributed by atoms with Crippen molar-refractivity contribution in [1.82, 2.24) is 4.90 Å². The Kier molecular flexibility index (Phi) is 5.20. The normalized spacial score (nSPS) is 31.2. The maximum atomic E-state index is 13.5. The Morgan fingerprint density at radius 2 is 1.91 bits per heavy atom. The van der Waals surface area contributed by atoms with Gasteiger partial charge in [-0.2, -0.15) is 0 Å². The van der Waals surface area contributed by atoms with Gasteiger partial charge in [0.1, 0.15) is 11.4 Å². The number of hydrogen-bond donors (Lipinski definition) is 0. The molecule has 0 saturated carbocycles. The second-order valence-electron chi connectivity index (χ2n) is 8.87. The van der Waals surface area contributed by atoms with Gasteiger partial charge in [-0.3, -0.25) is 14.4 Å². The van der Waals surface area contributed by atoms with Crippen molar-refractivity contribution >= 4 is 23.5 Å². The van der Waals surface area contributed by atoms with Crippen molar-refractivity contribution in [2.24, 2.45) is 17.8 Å². The van der Waals surface area contributed by atoms with E-state index in [2.05, 4.69) is 0 Å². The summed E-state index contributed by atoms with van der Waals surface area (Å²) in [5.41, 5.74) is 0.00658. The van der Waals surface area contributed by atoms with E-state index >= 15 is 0 Å². The monoisotopic (exact) mass is 440 g/mol. The van der Waals surface area contributed by atoms with Crippen LogP contribution in [-0.4, -0.2) is 67.7 Å². The summed E-state index contributed by atoms with van der Waals surface area (Å²) in [5.74, 6) is -0.842. The first kappa shape index (κ1) is 21.0. The Bertz CT molecular complexity index is 952. The molecule has 2 amide bonds. The number of nitrogens with zero attached hydrogens (tertiary/aromatic N) is 2. The fourth-order valence-electron chi connectivity index (χ4n) is 5.57. The fraction of sp³-hybridized carbons (Fsp3) is 0.542. The Labute approximate surface area is 187 Å². The molecule has 2 bridgehead atoms. The molecule has 4 aliphatic rings. The molecule has 3 fully saturated rings. The zero-order chi connectivity index (χ0) is 22.5. The van der Waals surface area contributed by atoms with E-state index in [9.17, 15) is 14.4 Å². The predicted octanol–water partition coefficient (Wildman–Crippen LogP) is 1.78. The summed E-state index contributed by atoms with van der Waals surface area (Å²) in [6.07, 6.45) is 4.67. The first-order chi connectivity index (χ1) is 15.5. The molecule has 0 radical (unpaired) electrons. The van der Waals surface area contributed by atoms with Gasteiger partial charge in [0.15, 0.2) is 0 Å². The van der Waals surface area contributed by atoms with E-state index in [1.165, 1.54) is 0 Å². The molecule has 1 spiro atoms. The number of ether oxygens (including phenoxy) is 3. The lowest BCUT2D eigenvalue weighted by atomic mass is 9.76. The number of anilines is 1. The van der Waals surface area contributed by atoms with E-state index in [0.717, 1.165) is 11.4 Å². The van der Waals surface area contributed by atoms with Crippen LogP contribution in [0.25, 0.3) is 0 Å². The van der Waals surface area contributed by atoms with Gasteiger partial charge in [0.05, 0.1) is 44.1 Å². The van der Waals surface area contributed by atoms with Gasteiger partial charge in [0, 0.05) is 18.8 Å². The smallest absolute Gasteiger partial charge is 0.309 e. The van der Waals surface area contributed by atoms with Crippen molar-refractivity contribution < 1.29 is 28.6 Å². The Morgan fingerprint density at radius 1 is 1.19 bits per heavy atom. The third-order valence-corrected chi connectivity index (χ3v) is 7.20. The van der Waals surface area contributed by atoms with Crippen molar-refractivity contribution in [3.8, 4) is 5.75 Å². The van der Waals surface area contributed by atoms with Crippen molar-refractivity contribution in [3.05, 3.63) is 36.4 Å². The average Bonchev–Trinajstić information content (AvgIpc) is 3.47. The maximum Gasteiger partial charge on any atom is 0.309 e. The Morgan fingerprint density at radius 3 is 2.56 bits per heavy atom. The van der Waals surface area contributed by atoms with E-state index in [0.29, 0.717) is 39.1 Å². The molecule has 170 valence electrons. The lowest BCUT2D eigenvalue weighted by Gasteiger charge is -2.34. The molecule has 0 N–H and O–H groups in total. The van der Waals surface area contributed by atoms with Crippen molar-refractivity contribution in [1.29, 1.82) is 0 Å². The summed E-state index contributed by atoms with van der Waals surface area (Å²) in [4.78, 5) is 42.5. The van der Waals surface area contributed by atoms with E-state index in [1.54, 1.807) is 23.8 Å². The molecular weight excluding hydrogens is 412 g/mol. The quantitative estimate of drug-likeness (QED) is 0.513. The molecule has 4 aliphatic heterocycles. The number of carbonyl (C=O) groups is 3. The number of piperidine rings is 1. The van der Waals surface area contributed by atoms with Gasteiger partial charge in [-0.15, -0.1) is 0 Å². The molecule has 8 nitrogen and oxygen atoms in total. The second-order valence-corrected chi connectivity index (χ2v) is 8.87. The summed E-state index contributed by atoms with van der Waals surface area (Å²) in [7, 11) is 1.60. The average molecular weight is 440 g/mol. The largest absolute Gasteiger partial charge is 0.497 e. The fourth-order valence-corrected chi connectivity index (χ4v) is 5.57. The van der Waals surface area contributed by atoms with Crippen LogP contribution in [0, 0.1) is 17.8 Å². The van der Waals surface area contributed by atoms with Gasteiger partial charge in [0.2, 0.25) is 11.8 Å². The molecule has 4 heterocycles. The molecule has 3 saturated heterocycles. The van der Waals surface area contributed by atoms with Crippen molar-refractivity contribution in [3.63, 3.8) is 0 Å². The summed E-state index contributed by atoms with van der Waals surface area (Å²) in [6, 6.07) is 7.33. The summed E-state index contributed by atoms with van der Waals surface area (Å²) in [5, 5.41) is 0. The SMILES string of the molecule is CCOC(=O)C1CCN(C(=O)C2[C@H]3C(=O)N(c4ccc(OC)cc4)C[C@@]34C=C[C@H]2O4)CC1. The molecule has 0 aromatic heterocycles. The number of likely N-dealkylation sites (tertiary alicyclic amines) is 1. The first-order valence-corrected chi connectivity index (χ1v) is 11.3. The van der Waals surface area contributed by atoms with Crippen LogP contribution in [0.2, 0.25) is 0 Å². The van der Waals surface area contributed by atoms with Crippen molar-refractivity contribution in [2.45, 2.75) is 31.5 Å². The highest BCUT2D eigenvalue weighted by atomic mass is 16.5. The number of methoxy groups -OCH3 is 1. The number of rotatable bonds is 5. The molecule has 1 aromatic rings. The molecule has 1 unspecified atom stereocenters. The van der Waals surface area contributed by atoms with Crippen LogP contribution in [0.5, 0.6) is 5.75 Å². The zero-order valence-corrected chi connectivity index (χ0v) is 18.4. The minimum atomic E-state index is -0.759. The Hall–Kier alpha value is -2.87. The van der Waals surface area contributed by atoms with Crippen LogP contribution in [0.3, 0.4) is 0 Å². The van der Waals surface area contributed by atoms with Gasteiger partial charge in [-0.05, 0) is 44.0 Å². The maximum absolute atomic E-state index is 13.5. The third kappa shape index (κ3) is 3.20. The van der Waals surface area contributed by atoms with Gasteiger partial charge in [-0.1, -0.05) is 12.2 Å². The molecule has 32 heavy (non-hydrogen) atoms. The topological polar surface area (TPSA) is 85.4 Å². The molecule has 1 aromatic carbocycles. The van der Waals surface area contributed by atoms with E-state index in [-0.39, 0.29) is 29.8 Å². The van der Waals surface area contributed by atoms with Gasteiger partial charge < -0.3 is 24.0 Å². The highest BCUT2D eigenvalue weighted by Gasteiger charge is 2.67.